The van der Waals surface area contributed by atoms with Gasteiger partial charge in [0.25, 0.3) is 0 Å². The summed E-state index contributed by atoms with van der Waals surface area (Å²) in [4.78, 5) is 4.64. The summed E-state index contributed by atoms with van der Waals surface area (Å²) in [6, 6.07) is 5.83. The number of guanidine groups is 1. The minimum atomic E-state index is 0.431. The molecular weight excluding hydrogens is 278 g/mol. The van der Waals surface area contributed by atoms with Gasteiger partial charge in [-0.2, -0.15) is 5.10 Å². The van der Waals surface area contributed by atoms with E-state index < -0.39 is 0 Å². The second-order valence-electron chi connectivity index (χ2n) is 5.31. The van der Waals surface area contributed by atoms with E-state index in [0.717, 1.165) is 44.3 Å². The molecule has 2 aromatic heterocycles. The average Bonchev–Trinajstić information content (AvgIpc) is 3.18. The molecule has 2 heterocycles. The van der Waals surface area contributed by atoms with Crippen LogP contribution in [0.3, 0.4) is 0 Å². The predicted molar refractivity (Wildman–Crippen MR) is 87.8 cm³/mol. The number of hydrogen-bond donors (Lipinski definition) is 2. The quantitative estimate of drug-likeness (QED) is 0.577. The molecule has 6 nitrogen and oxygen atoms in total. The summed E-state index contributed by atoms with van der Waals surface area (Å²) in [6.07, 6.45) is 6.33. The molecule has 2 rings (SSSR count). The lowest BCUT2D eigenvalue weighted by atomic mass is 10.2. The summed E-state index contributed by atoms with van der Waals surface area (Å²) < 4.78 is 7.26. The lowest BCUT2D eigenvalue weighted by Crippen LogP contribution is -2.38. The third kappa shape index (κ3) is 5.63. The highest BCUT2D eigenvalue weighted by molar-refractivity contribution is 5.79. The van der Waals surface area contributed by atoms with Crippen LogP contribution in [0.1, 0.15) is 19.6 Å². The summed E-state index contributed by atoms with van der Waals surface area (Å²) in [6.45, 7) is 7.53. The maximum absolute atomic E-state index is 5.32. The van der Waals surface area contributed by atoms with Gasteiger partial charge in [-0.25, -0.2) is 0 Å². The van der Waals surface area contributed by atoms with Crippen molar-refractivity contribution in [2.45, 2.75) is 26.8 Å². The standard InChI is InChI=1S/C16H25N5O/c1-3-17-16(18-9-7-15-6-4-11-22-15)19-12-14(2)13-21-10-5-8-20-21/h4-6,8,10-11,14H,3,7,9,12-13H2,1-2H3,(H2,17,18,19). The van der Waals surface area contributed by atoms with E-state index >= 15 is 0 Å². The summed E-state index contributed by atoms with van der Waals surface area (Å²) in [7, 11) is 0. The average molecular weight is 303 g/mol. The SMILES string of the molecule is CCNC(=NCC(C)Cn1cccn1)NCCc1ccco1. The zero-order chi connectivity index (χ0) is 15.6. The maximum atomic E-state index is 5.32. The zero-order valence-corrected chi connectivity index (χ0v) is 13.3. The van der Waals surface area contributed by atoms with Crippen LogP contribution in [0.15, 0.2) is 46.3 Å². The van der Waals surface area contributed by atoms with Crippen LogP contribution < -0.4 is 10.6 Å². The summed E-state index contributed by atoms with van der Waals surface area (Å²) >= 11 is 0. The normalized spacial score (nSPS) is 13.1. The lowest BCUT2D eigenvalue weighted by molar-refractivity contribution is 0.458. The van der Waals surface area contributed by atoms with E-state index in [1.807, 2.05) is 29.1 Å². The molecule has 2 N–H and O–H groups in total. The van der Waals surface area contributed by atoms with Crippen molar-refractivity contribution in [3.63, 3.8) is 0 Å². The molecule has 0 aromatic carbocycles. The molecule has 0 aliphatic carbocycles. The Kier molecular flexibility index (Phi) is 6.54. The van der Waals surface area contributed by atoms with Gasteiger partial charge in [0, 0.05) is 45.0 Å². The Morgan fingerprint density at radius 2 is 2.32 bits per heavy atom. The van der Waals surface area contributed by atoms with Crippen molar-refractivity contribution in [1.29, 1.82) is 0 Å². The zero-order valence-electron chi connectivity index (χ0n) is 13.3. The minimum absolute atomic E-state index is 0.431. The van der Waals surface area contributed by atoms with Gasteiger partial charge in [-0.05, 0) is 31.0 Å². The summed E-state index contributed by atoms with van der Waals surface area (Å²) in [5.74, 6) is 2.26. The molecule has 1 atom stereocenters. The van der Waals surface area contributed by atoms with Crippen LogP contribution in [0, 0.1) is 5.92 Å². The molecule has 0 aliphatic heterocycles. The first-order valence-electron chi connectivity index (χ1n) is 7.80. The van der Waals surface area contributed by atoms with Crippen molar-refractivity contribution in [1.82, 2.24) is 20.4 Å². The van der Waals surface area contributed by atoms with Crippen LogP contribution in [-0.2, 0) is 13.0 Å². The summed E-state index contributed by atoms with van der Waals surface area (Å²) in [5.41, 5.74) is 0. The van der Waals surface area contributed by atoms with E-state index in [1.165, 1.54) is 0 Å². The molecule has 0 fully saturated rings. The number of nitrogens with zero attached hydrogens (tertiary/aromatic N) is 3. The van der Waals surface area contributed by atoms with Gasteiger partial charge in [0.15, 0.2) is 5.96 Å². The molecule has 0 amide bonds. The van der Waals surface area contributed by atoms with Gasteiger partial charge < -0.3 is 15.1 Å². The molecule has 0 saturated carbocycles. The van der Waals surface area contributed by atoms with Gasteiger partial charge in [0.2, 0.25) is 0 Å². The Hall–Kier alpha value is -2.24. The van der Waals surface area contributed by atoms with E-state index in [9.17, 15) is 0 Å². The van der Waals surface area contributed by atoms with Crippen molar-refractivity contribution in [3.05, 3.63) is 42.6 Å². The molecule has 0 aliphatic rings. The topological polar surface area (TPSA) is 67.4 Å². The van der Waals surface area contributed by atoms with Crippen LogP contribution in [0.5, 0.6) is 0 Å². The number of aromatic nitrogens is 2. The fourth-order valence-corrected chi connectivity index (χ4v) is 2.13. The molecule has 0 bridgehead atoms. The van der Waals surface area contributed by atoms with E-state index in [1.54, 1.807) is 12.5 Å². The lowest BCUT2D eigenvalue weighted by Gasteiger charge is -2.13. The Bertz CT molecular complexity index is 533. The monoisotopic (exact) mass is 303 g/mol. The van der Waals surface area contributed by atoms with Crippen LogP contribution in [0.25, 0.3) is 0 Å². The molecule has 0 radical (unpaired) electrons. The van der Waals surface area contributed by atoms with Crippen LogP contribution >= 0.6 is 0 Å². The van der Waals surface area contributed by atoms with Gasteiger partial charge in [0.05, 0.1) is 6.26 Å². The van der Waals surface area contributed by atoms with Crippen LogP contribution in [-0.4, -0.2) is 35.4 Å². The van der Waals surface area contributed by atoms with Crippen LogP contribution in [0.4, 0.5) is 0 Å². The van der Waals surface area contributed by atoms with E-state index in [0.29, 0.717) is 5.92 Å². The minimum Gasteiger partial charge on any atom is -0.469 e. The second kappa shape index (κ2) is 8.92. The van der Waals surface area contributed by atoms with E-state index in [4.69, 9.17) is 4.42 Å². The molecule has 2 aromatic rings. The van der Waals surface area contributed by atoms with Gasteiger partial charge >= 0.3 is 0 Å². The third-order valence-corrected chi connectivity index (χ3v) is 3.21. The first kappa shape index (κ1) is 16.1. The van der Waals surface area contributed by atoms with Gasteiger partial charge in [-0.1, -0.05) is 6.92 Å². The number of rotatable bonds is 8. The Morgan fingerprint density at radius 3 is 3.00 bits per heavy atom. The number of aliphatic imine (C=N–C) groups is 1. The molecule has 6 heteroatoms. The van der Waals surface area contributed by atoms with Gasteiger partial charge in [-0.15, -0.1) is 0 Å². The number of hydrogen-bond acceptors (Lipinski definition) is 3. The Labute approximate surface area is 131 Å². The molecule has 0 saturated heterocycles. The van der Waals surface area contributed by atoms with Crippen molar-refractivity contribution in [2.24, 2.45) is 10.9 Å². The fourth-order valence-electron chi connectivity index (χ4n) is 2.13. The van der Waals surface area contributed by atoms with Crippen LogP contribution in [0.2, 0.25) is 0 Å². The highest BCUT2D eigenvalue weighted by Crippen LogP contribution is 2.01. The van der Waals surface area contributed by atoms with E-state index in [2.05, 4.69) is 34.6 Å². The third-order valence-electron chi connectivity index (χ3n) is 3.21. The van der Waals surface area contributed by atoms with Gasteiger partial charge in [-0.3, -0.25) is 9.67 Å². The highest BCUT2D eigenvalue weighted by atomic mass is 16.3. The largest absolute Gasteiger partial charge is 0.469 e. The first-order valence-corrected chi connectivity index (χ1v) is 7.80. The Balaban J connectivity index is 1.75. The molecule has 120 valence electrons. The van der Waals surface area contributed by atoms with Crippen molar-refractivity contribution < 1.29 is 4.42 Å². The maximum Gasteiger partial charge on any atom is 0.191 e. The highest BCUT2D eigenvalue weighted by Gasteiger charge is 2.04. The smallest absolute Gasteiger partial charge is 0.191 e. The predicted octanol–water partition coefficient (Wildman–Crippen LogP) is 1.91. The Morgan fingerprint density at radius 1 is 1.41 bits per heavy atom. The van der Waals surface area contributed by atoms with E-state index in [-0.39, 0.29) is 0 Å². The first-order chi connectivity index (χ1) is 10.8. The number of nitrogens with one attached hydrogen (secondary N) is 2. The van der Waals surface area contributed by atoms with Crippen molar-refractivity contribution in [2.75, 3.05) is 19.6 Å². The molecule has 0 spiro atoms. The molecular formula is C16H25N5O. The number of furan rings is 1. The summed E-state index contributed by atoms with van der Waals surface area (Å²) in [5, 5.41) is 10.8. The molecule has 22 heavy (non-hydrogen) atoms. The second-order valence-corrected chi connectivity index (χ2v) is 5.31. The fraction of sp³-hybridized carbons (Fsp3) is 0.500. The van der Waals surface area contributed by atoms with Crippen molar-refractivity contribution in [3.8, 4) is 0 Å². The van der Waals surface area contributed by atoms with Crippen molar-refractivity contribution >= 4 is 5.96 Å². The molecule has 1 unspecified atom stereocenters. The van der Waals surface area contributed by atoms with Gasteiger partial charge in [0.1, 0.15) is 5.76 Å².